The second-order valence-corrected chi connectivity index (χ2v) is 5.20. The first-order chi connectivity index (χ1) is 8.19. The van der Waals surface area contributed by atoms with Crippen LogP contribution < -0.4 is 5.73 Å². The minimum Gasteiger partial charge on any atom is -0.339 e. The summed E-state index contributed by atoms with van der Waals surface area (Å²) in [6.45, 7) is 6.87. The topological polar surface area (TPSA) is 68.2 Å². The minimum atomic E-state index is 0.488. The van der Waals surface area contributed by atoms with Gasteiger partial charge in [-0.05, 0) is 25.3 Å². The van der Waals surface area contributed by atoms with Gasteiger partial charge in [0.05, 0.1) is 6.54 Å². The lowest BCUT2D eigenvalue weighted by molar-refractivity contribution is 0.239. The molecule has 0 aliphatic carbocycles. The Labute approximate surface area is 102 Å². The van der Waals surface area contributed by atoms with Crippen molar-refractivity contribution < 1.29 is 4.52 Å². The van der Waals surface area contributed by atoms with Gasteiger partial charge in [-0.15, -0.1) is 0 Å². The van der Waals surface area contributed by atoms with Gasteiger partial charge in [0.1, 0.15) is 0 Å². The summed E-state index contributed by atoms with van der Waals surface area (Å²) in [6, 6.07) is 0.488. The third-order valence-electron chi connectivity index (χ3n) is 3.21. The fraction of sp³-hybridized carbons (Fsp3) is 0.833. The maximum atomic E-state index is 5.74. The number of nitrogens with zero attached hydrogens (tertiary/aromatic N) is 3. The van der Waals surface area contributed by atoms with Crippen LogP contribution in [0.25, 0.3) is 0 Å². The molecule has 1 atom stereocenters. The van der Waals surface area contributed by atoms with E-state index in [1.807, 2.05) is 0 Å². The van der Waals surface area contributed by atoms with E-state index in [-0.39, 0.29) is 0 Å². The molecule has 17 heavy (non-hydrogen) atoms. The van der Waals surface area contributed by atoms with Crippen LogP contribution in [0.15, 0.2) is 4.52 Å². The molecule has 5 nitrogen and oxygen atoms in total. The molecule has 1 aromatic rings. The predicted molar refractivity (Wildman–Crippen MR) is 65.3 cm³/mol. The van der Waals surface area contributed by atoms with Crippen LogP contribution in [-0.4, -0.2) is 34.2 Å². The third-order valence-corrected chi connectivity index (χ3v) is 3.21. The van der Waals surface area contributed by atoms with Crippen LogP contribution in [0, 0.1) is 5.92 Å². The quantitative estimate of drug-likeness (QED) is 0.834. The average Bonchev–Trinajstić information content (AvgIpc) is 2.87. The number of rotatable bonds is 5. The first-order valence-electron chi connectivity index (χ1n) is 6.44. The van der Waals surface area contributed by atoms with Gasteiger partial charge in [-0.3, -0.25) is 4.90 Å². The summed E-state index contributed by atoms with van der Waals surface area (Å²) >= 11 is 0. The highest BCUT2D eigenvalue weighted by molar-refractivity contribution is 4.90. The van der Waals surface area contributed by atoms with E-state index in [0.717, 1.165) is 37.8 Å². The van der Waals surface area contributed by atoms with E-state index >= 15 is 0 Å². The molecule has 0 saturated carbocycles. The molecule has 96 valence electrons. The molecule has 5 heteroatoms. The fourth-order valence-corrected chi connectivity index (χ4v) is 2.34. The lowest BCUT2D eigenvalue weighted by Crippen LogP contribution is -2.35. The predicted octanol–water partition coefficient (Wildman–Crippen LogP) is 1.19. The Hall–Kier alpha value is -0.940. The second-order valence-electron chi connectivity index (χ2n) is 5.20. The number of hydrogen-bond acceptors (Lipinski definition) is 5. The molecule has 0 spiro atoms. The van der Waals surface area contributed by atoms with Gasteiger partial charge in [-0.2, -0.15) is 4.98 Å². The molecule has 1 unspecified atom stereocenters. The number of likely N-dealkylation sites (tertiary alicyclic amines) is 1. The molecule has 0 amide bonds. The zero-order chi connectivity index (χ0) is 12.3. The van der Waals surface area contributed by atoms with Gasteiger partial charge in [0, 0.05) is 19.0 Å². The van der Waals surface area contributed by atoms with Crippen LogP contribution in [0.5, 0.6) is 0 Å². The van der Waals surface area contributed by atoms with Crippen molar-refractivity contribution in [2.75, 3.05) is 13.1 Å². The highest BCUT2D eigenvalue weighted by atomic mass is 16.5. The fourth-order valence-electron chi connectivity index (χ4n) is 2.34. The summed E-state index contributed by atoms with van der Waals surface area (Å²) in [6.07, 6.45) is 3.26. The van der Waals surface area contributed by atoms with Crippen LogP contribution in [0.2, 0.25) is 0 Å². The third kappa shape index (κ3) is 3.26. The molecule has 2 heterocycles. The van der Waals surface area contributed by atoms with E-state index in [0.29, 0.717) is 12.0 Å². The first kappa shape index (κ1) is 12.5. The zero-order valence-electron chi connectivity index (χ0n) is 10.7. The minimum absolute atomic E-state index is 0.488. The number of aromatic nitrogens is 2. The molecule has 1 aliphatic heterocycles. The highest BCUT2D eigenvalue weighted by Gasteiger charge is 2.24. The molecule has 0 aromatic carbocycles. The second kappa shape index (κ2) is 5.60. The Morgan fingerprint density at radius 2 is 2.35 bits per heavy atom. The Balaban J connectivity index is 1.92. The first-order valence-corrected chi connectivity index (χ1v) is 6.44. The molecular weight excluding hydrogens is 216 g/mol. The Morgan fingerprint density at radius 1 is 1.53 bits per heavy atom. The van der Waals surface area contributed by atoms with Gasteiger partial charge < -0.3 is 10.3 Å². The van der Waals surface area contributed by atoms with E-state index in [9.17, 15) is 0 Å². The van der Waals surface area contributed by atoms with Gasteiger partial charge in [0.15, 0.2) is 5.82 Å². The zero-order valence-corrected chi connectivity index (χ0v) is 10.7. The SMILES string of the molecule is CC(C)Cc1nc(CN2CCCC2CN)no1. The Morgan fingerprint density at radius 3 is 3.06 bits per heavy atom. The highest BCUT2D eigenvalue weighted by Crippen LogP contribution is 2.18. The van der Waals surface area contributed by atoms with Crippen molar-refractivity contribution in [2.24, 2.45) is 11.7 Å². The van der Waals surface area contributed by atoms with Crippen LogP contribution >= 0.6 is 0 Å². The van der Waals surface area contributed by atoms with Crippen molar-refractivity contribution >= 4 is 0 Å². The van der Waals surface area contributed by atoms with Gasteiger partial charge in [0.2, 0.25) is 5.89 Å². The number of nitrogens with two attached hydrogens (primary N) is 1. The maximum Gasteiger partial charge on any atom is 0.226 e. The van der Waals surface area contributed by atoms with Crippen LogP contribution in [0.1, 0.15) is 38.4 Å². The molecule has 1 saturated heterocycles. The van der Waals surface area contributed by atoms with Gasteiger partial charge >= 0.3 is 0 Å². The summed E-state index contributed by atoms with van der Waals surface area (Å²) in [5.41, 5.74) is 5.74. The van der Waals surface area contributed by atoms with E-state index in [2.05, 4.69) is 28.9 Å². The van der Waals surface area contributed by atoms with Crippen molar-refractivity contribution in [3.8, 4) is 0 Å². The summed E-state index contributed by atoms with van der Waals surface area (Å²) in [5.74, 6) is 2.09. The lowest BCUT2D eigenvalue weighted by Gasteiger charge is -2.20. The monoisotopic (exact) mass is 238 g/mol. The molecule has 0 radical (unpaired) electrons. The summed E-state index contributed by atoms with van der Waals surface area (Å²) in [5, 5.41) is 4.03. The summed E-state index contributed by atoms with van der Waals surface area (Å²) < 4.78 is 5.24. The molecular formula is C12H22N4O. The Bertz CT molecular complexity index is 350. The lowest BCUT2D eigenvalue weighted by atomic mass is 10.1. The smallest absolute Gasteiger partial charge is 0.226 e. The van der Waals surface area contributed by atoms with Gasteiger partial charge in [-0.1, -0.05) is 19.0 Å². The summed E-state index contributed by atoms with van der Waals surface area (Å²) in [7, 11) is 0. The van der Waals surface area contributed by atoms with Crippen molar-refractivity contribution in [2.45, 2.75) is 45.7 Å². The molecule has 2 N–H and O–H groups in total. The van der Waals surface area contributed by atoms with Crippen LogP contribution in [0.3, 0.4) is 0 Å². The largest absolute Gasteiger partial charge is 0.339 e. The van der Waals surface area contributed by atoms with E-state index in [1.54, 1.807) is 0 Å². The van der Waals surface area contributed by atoms with Crippen molar-refractivity contribution in [3.05, 3.63) is 11.7 Å². The van der Waals surface area contributed by atoms with Crippen molar-refractivity contribution in [1.82, 2.24) is 15.0 Å². The molecule has 1 fully saturated rings. The molecule has 2 rings (SSSR count). The Kier molecular flexibility index (Phi) is 4.12. The molecule has 1 aliphatic rings. The van der Waals surface area contributed by atoms with Crippen LogP contribution in [0.4, 0.5) is 0 Å². The van der Waals surface area contributed by atoms with E-state index < -0.39 is 0 Å². The van der Waals surface area contributed by atoms with Crippen LogP contribution in [-0.2, 0) is 13.0 Å². The van der Waals surface area contributed by atoms with E-state index in [4.69, 9.17) is 10.3 Å². The maximum absolute atomic E-state index is 5.74. The molecule has 0 bridgehead atoms. The molecule has 1 aromatic heterocycles. The number of hydrogen-bond donors (Lipinski definition) is 1. The summed E-state index contributed by atoms with van der Waals surface area (Å²) in [4.78, 5) is 6.77. The van der Waals surface area contributed by atoms with E-state index in [1.165, 1.54) is 12.8 Å². The standard InChI is InChI=1S/C12H22N4O/c1-9(2)6-12-14-11(15-17-12)8-16-5-3-4-10(16)7-13/h9-10H,3-8,13H2,1-2H3. The van der Waals surface area contributed by atoms with Crippen molar-refractivity contribution in [3.63, 3.8) is 0 Å². The van der Waals surface area contributed by atoms with Crippen molar-refractivity contribution in [1.29, 1.82) is 0 Å². The van der Waals surface area contributed by atoms with Gasteiger partial charge in [-0.25, -0.2) is 0 Å². The average molecular weight is 238 g/mol. The normalized spacial score (nSPS) is 21.5. The van der Waals surface area contributed by atoms with Gasteiger partial charge in [0.25, 0.3) is 0 Å².